The van der Waals surface area contributed by atoms with Crippen LogP contribution < -0.4 is 26.0 Å². The average molecular weight is 573 g/mol. The quantitative estimate of drug-likeness (QED) is 0.336. The molecule has 0 bridgehead atoms. The van der Waals surface area contributed by atoms with E-state index in [0.29, 0.717) is 24.3 Å². The van der Waals surface area contributed by atoms with Gasteiger partial charge in [-0.1, -0.05) is 56.3 Å². The van der Waals surface area contributed by atoms with E-state index < -0.39 is 35.8 Å². The summed E-state index contributed by atoms with van der Waals surface area (Å²) in [5.41, 5.74) is 1.89. The molecular formula is C31H36N6O5. The molecule has 220 valence electrons. The maximum absolute atomic E-state index is 13.4. The lowest BCUT2D eigenvalue weighted by atomic mass is 10.0. The van der Waals surface area contributed by atoms with Crippen molar-refractivity contribution in [2.24, 2.45) is 5.92 Å². The van der Waals surface area contributed by atoms with Crippen molar-refractivity contribution in [3.63, 3.8) is 0 Å². The Morgan fingerprint density at radius 2 is 1.76 bits per heavy atom. The van der Waals surface area contributed by atoms with Crippen LogP contribution in [0.1, 0.15) is 41.9 Å². The maximum atomic E-state index is 13.4. The second-order valence-corrected chi connectivity index (χ2v) is 10.5. The number of amides is 4. The molecule has 11 nitrogen and oxygen atoms in total. The number of aromatic nitrogens is 2. The number of carbonyl (C=O) groups is 4. The zero-order valence-electron chi connectivity index (χ0n) is 23.7. The SMILES string of the molecule is CC(C)[C@@H]1NC(=O)C[C@@H](C(=O)NCCc2cnccn2)NC(=O)c2ccccc2OC[C@@H](Cc2ccccc2)NC1=O. The fraction of sp³-hybridized carbons (Fsp3) is 0.355. The highest BCUT2D eigenvalue weighted by Crippen LogP contribution is 2.19. The molecule has 1 aromatic heterocycles. The first-order valence-corrected chi connectivity index (χ1v) is 14.0. The lowest BCUT2D eigenvalue weighted by molar-refractivity contribution is -0.132. The Bertz CT molecular complexity index is 1370. The maximum Gasteiger partial charge on any atom is 0.255 e. The third kappa shape index (κ3) is 8.60. The third-order valence-electron chi connectivity index (χ3n) is 6.82. The number of fused-ring (bicyclic) bond motifs is 1. The Balaban J connectivity index is 1.57. The minimum absolute atomic E-state index is 0.0793. The predicted octanol–water partition coefficient (Wildman–Crippen LogP) is 1.58. The van der Waals surface area contributed by atoms with Crippen LogP contribution in [-0.2, 0) is 27.2 Å². The van der Waals surface area contributed by atoms with Gasteiger partial charge in [0.15, 0.2) is 0 Å². The van der Waals surface area contributed by atoms with Crippen LogP contribution >= 0.6 is 0 Å². The van der Waals surface area contributed by atoms with Crippen molar-refractivity contribution >= 4 is 23.6 Å². The Kier molecular flexibility index (Phi) is 10.6. The van der Waals surface area contributed by atoms with Gasteiger partial charge in [-0.15, -0.1) is 0 Å². The molecule has 0 spiro atoms. The van der Waals surface area contributed by atoms with Gasteiger partial charge in [0, 0.05) is 31.6 Å². The lowest BCUT2D eigenvalue weighted by Crippen LogP contribution is -2.55. The molecule has 4 N–H and O–H groups in total. The summed E-state index contributed by atoms with van der Waals surface area (Å²) in [6.07, 6.45) is 5.25. The molecule has 0 saturated carbocycles. The van der Waals surface area contributed by atoms with Gasteiger partial charge in [-0.2, -0.15) is 0 Å². The van der Waals surface area contributed by atoms with Crippen LogP contribution in [0.4, 0.5) is 0 Å². The van der Waals surface area contributed by atoms with E-state index >= 15 is 0 Å². The van der Waals surface area contributed by atoms with E-state index in [4.69, 9.17) is 4.74 Å². The molecule has 0 fully saturated rings. The van der Waals surface area contributed by atoms with Gasteiger partial charge in [0.1, 0.15) is 24.4 Å². The van der Waals surface area contributed by atoms with E-state index in [-0.39, 0.29) is 37.0 Å². The fourth-order valence-electron chi connectivity index (χ4n) is 4.61. The zero-order valence-corrected chi connectivity index (χ0v) is 23.7. The molecule has 0 aliphatic carbocycles. The molecule has 42 heavy (non-hydrogen) atoms. The van der Waals surface area contributed by atoms with Crippen molar-refractivity contribution < 1.29 is 23.9 Å². The second-order valence-electron chi connectivity index (χ2n) is 10.5. The van der Waals surface area contributed by atoms with Crippen LogP contribution in [0.5, 0.6) is 5.75 Å². The van der Waals surface area contributed by atoms with Crippen LogP contribution in [0.3, 0.4) is 0 Å². The van der Waals surface area contributed by atoms with Gasteiger partial charge in [0.2, 0.25) is 17.7 Å². The molecule has 2 heterocycles. The van der Waals surface area contributed by atoms with Crippen molar-refractivity contribution in [3.8, 4) is 5.75 Å². The number of ether oxygens (including phenoxy) is 1. The molecule has 0 unspecified atom stereocenters. The first-order chi connectivity index (χ1) is 20.3. The molecule has 0 radical (unpaired) electrons. The molecule has 3 aromatic rings. The lowest BCUT2D eigenvalue weighted by Gasteiger charge is -2.27. The monoisotopic (exact) mass is 572 g/mol. The summed E-state index contributed by atoms with van der Waals surface area (Å²) in [7, 11) is 0. The predicted molar refractivity (Wildman–Crippen MR) is 155 cm³/mol. The van der Waals surface area contributed by atoms with Gasteiger partial charge in [0.25, 0.3) is 5.91 Å². The van der Waals surface area contributed by atoms with Gasteiger partial charge in [0.05, 0.1) is 23.7 Å². The normalized spacial score (nSPS) is 19.8. The molecule has 0 saturated heterocycles. The highest BCUT2D eigenvalue weighted by Gasteiger charge is 2.31. The van der Waals surface area contributed by atoms with E-state index in [1.54, 1.807) is 42.9 Å². The van der Waals surface area contributed by atoms with Gasteiger partial charge >= 0.3 is 0 Å². The van der Waals surface area contributed by atoms with E-state index in [1.807, 2.05) is 44.2 Å². The van der Waals surface area contributed by atoms with Crippen molar-refractivity contribution in [2.75, 3.05) is 13.2 Å². The van der Waals surface area contributed by atoms with E-state index in [1.165, 1.54) is 0 Å². The summed E-state index contributed by atoms with van der Waals surface area (Å²) in [4.78, 5) is 61.4. The van der Waals surface area contributed by atoms with Crippen LogP contribution in [0.15, 0.2) is 73.2 Å². The number of nitrogens with zero attached hydrogens (tertiary/aromatic N) is 2. The molecule has 4 rings (SSSR count). The highest BCUT2D eigenvalue weighted by molar-refractivity contribution is 6.01. The van der Waals surface area contributed by atoms with Crippen molar-refractivity contribution in [1.29, 1.82) is 0 Å². The Hall–Kier alpha value is -4.80. The average Bonchev–Trinajstić information content (AvgIpc) is 2.98. The molecule has 1 aliphatic heterocycles. The van der Waals surface area contributed by atoms with Crippen molar-refractivity contribution in [1.82, 2.24) is 31.2 Å². The standard InChI is InChI=1S/C31H36N6O5/c1-20(2)28-31(41)35-23(16-21-8-4-3-5-9-21)19-42-26-11-7-6-10-24(26)29(39)36-25(17-27(38)37-28)30(40)34-13-12-22-18-32-14-15-33-22/h3-11,14-15,18,20,23,25,28H,12-13,16-17,19H2,1-2H3,(H,34,40)(H,35,41)(H,36,39)(H,37,38)/t23-,25+,28+/m1/s1. The van der Waals surface area contributed by atoms with Crippen LogP contribution in [0, 0.1) is 5.92 Å². The van der Waals surface area contributed by atoms with E-state index in [0.717, 1.165) is 5.56 Å². The largest absolute Gasteiger partial charge is 0.491 e. The number of hydrogen-bond donors (Lipinski definition) is 4. The van der Waals surface area contributed by atoms with Gasteiger partial charge in [-0.3, -0.25) is 29.1 Å². The Morgan fingerprint density at radius 3 is 2.50 bits per heavy atom. The number of carbonyl (C=O) groups excluding carboxylic acids is 4. The third-order valence-corrected chi connectivity index (χ3v) is 6.82. The summed E-state index contributed by atoms with van der Waals surface area (Å²) >= 11 is 0. The Morgan fingerprint density at radius 1 is 1.00 bits per heavy atom. The fourth-order valence-corrected chi connectivity index (χ4v) is 4.61. The minimum Gasteiger partial charge on any atom is -0.491 e. The van der Waals surface area contributed by atoms with E-state index in [9.17, 15) is 19.2 Å². The molecule has 3 atom stereocenters. The van der Waals surface area contributed by atoms with Crippen LogP contribution in [0.2, 0.25) is 0 Å². The molecule has 11 heteroatoms. The summed E-state index contributed by atoms with van der Waals surface area (Å²) in [6, 6.07) is 13.8. The molecule has 2 aromatic carbocycles. The summed E-state index contributed by atoms with van der Waals surface area (Å²) in [5.74, 6) is -1.95. The first-order valence-electron chi connectivity index (χ1n) is 14.0. The zero-order chi connectivity index (χ0) is 29.9. The number of para-hydroxylation sites is 1. The van der Waals surface area contributed by atoms with Crippen LogP contribution in [-0.4, -0.2) is 64.9 Å². The van der Waals surface area contributed by atoms with Gasteiger partial charge in [-0.05, 0) is 30.0 Å². The number of benzene rings is 2. The summed E-state index contributed by atoms with van der Waals surface area (Å²) < 4.78 is 6.09. The van der Waals surface area contributed by atoms with Crippen LogP contribution in [0.25, 0.3) is 0 Å². The van der Waals surface area contributed by atoms with Crippen molar-refractivity contribution in [2.45, 2.75) is 51.2 Å². The summed E-state index contributed by atoms with van der Waals surface area (Å²) in [6.45, 7) is 3.96. The number of nitrogens with one attached hydrogen (secondary N) is 4. The van der Waals surface area contributed by atoms with E-state index in [2.05, 4.69) is 31.2 Å². The molecular weight excluding hydrogens is 536 g/mol. The Labute approximate surface area is 244 Å². The van der Waals surface area contributed by atoms with Crippen molar-refractivity contribution in [3.05, 3.63) is 90.0 Å². The first kappa shape index (κ1) is 30.2. The molecule has 4 amide bonds. The second kappa shape index (κ2) is 14.7. The highest BCUT2D eigenvalue weighted by atomic mass is 16.5. The number of rotatable bonds is 7. The topological polar surface area (TPSA) is 151 Å². The smallest absolute Gasteiger partial charge is 0.255 e. The summed E-state index contributed by atoms with van der Waals surface area (Å²) in [5, 5.41) is 11.2. The van der Waals surface area contributed by atoms with Gasteiger partial charge < -0.3 is 26.0 Å². The molecule has 1 aliphatic rings. The number of hydrogen-bond acceptors (Lipinski definition) is 7. The minimum atomic E-state index is -1.20. The van der Waals surface area contributed by atoms with Gasteiger partial charge in [-0.25, -0.2) is 0 Å².